The van der Waals surface area contributed by atoms with Gasteiger partial charge in [-0.3, -0.25) is 9.59 Å². The molecule has 2 N–H and O–H groups in total. The van der Waals surface area contributed by atoms with Crippen LogP contribution in [0.4, 0.5) is 11.4 Å². The Morgan fingerprint density at radius 3 is 2.04 bits per heavy atom. The van der Waals surface area contributed by atoms with Crippen LogP contribution in [0.3, 0.4) is 0 Å². The van der Waals surface area contributed by atoms with Crippen LogP contribution in [0.15, 0.2) is 36.4 Å². The Labute approximate surface area is 148 Å². The maximum Gasteiger partial charge on any atom is 0.262 e. The second-order valence-corrected chi connectivity index (χ2v) is 6.05. The predicted molar refractivity (Wildman–Crippen MR) is 100 cm³/mol. The minimum Gasteiger partial charge on any atom is -0.483 e. The van der Waals surface area contributed by atoms with E-state index in [1.165, 1.54) is 0 Å². The summed E-state index contributed by atoms with van der Waals surface area (Å²) in [5.41, 5.74) is 4.44. The Morgan fingerprint density at radius 2 is 1.48 bits per heavy atom. The zero-order chi connectivity index (χ0) is 18.4. The molecule has 0 aliphatic rings. The van der Waals surface area contributed by atoms with Gasteiger partial charge in [0.15, 0.2) is 6.61 Å². The van der Waals surface area contributed by atoms with Gasteiger partial charge in [0, 0.05) is 17.8 Å². The van der Waals surface area contributed by atoms with Crippen LogP contribution in [0.1, 0.15) is 30.0 Å². The van der Waals surface area contributed by atoms with E-state index in [4.69, 9.17) is 4.74 Å². The summed E-state index contributed by atoms with van der Waals surface area (Å²) in [4.78, 5) is 23.6. The second-order valence-electron chi connectivity index (χ2n) is 6.05. The Balaban J connectivity index is 1.97. The van der Waals surface area contributed by atoms with Crippen molar-refractivity contribution in [2.45, 2.75) is 34.1 Å². The molecule has 0 atom stereocenters. The van der Waals surface area contributed by atoms with Gasteiger partial charge in [-0.2, -0.15) is 0 Å². The maximum absolute atomic E-state index is 12.1. The number of aryl methyl sites for hydroxylation is 3. The van der Waals surface area contributed by atoms with Crippen molar-refractivity contribution >= 4 is 23.2 Å². The van der Waals surface area contributed by atoms with Crippen LogP contribution < -0.4 is 15.4 Å². The highest BCUT2D eigenvalue weighted by molar-refractivity contribution is 5.94. The summed E-state index contributed by atoms with van der Waals surface area (Å²) < 4.78 is 5.69. The summed E-state index contributed by atoms with van der Waals surface area (Å²) in [7, 11) is 0. The molecule has 0 fully saturated rings. The summed E-state index contributed by atoms with van der Waals surface area (Å²) in [6.45, 7) is 7.67. The molecule has 25 heavy (non-hydrogen) atoms. The van der Waals surface area contributed by atoms with Crippen molar-refractivity contribution in [2.24, 2.45) is 0 Å². The van der Waals surface area contributed by atoms with E-state index >= 15 is 0 Å². The number of rotatable bonds is 6. The fourth-order valence-corrected chi connectivity index (χ4v) is 2.65. The molecule has 0 saturated carbocycles. The standard InChI is InChI=1S/C20H24N2O3/c1-5-18(23)21-16-7-6-8-17(11-16)22-19(24)12-25-20-14(3)9-13(2)10-15(20)4/h6-11H,5,12H2,1-4H3,(H,21,23)(H,22,24). The molecule has 2 aromatic carbocycles. The van der Waals surface area contributed by atoms with Gasteiger partial charge in [0.1, 0.15) is 5.75 Å². The van der Waals surface area contributed by atoms with Crippen LogP contribution in [0.5, 0.6) is 5.75 Å². The lowest BCUT2D eigenvalue weighted by molar-refractivity contribution is -0.118. The van der Waals surface area contributed by atoms with Crippen LogP contribution in [0.25, 0.3) is 0 Å². The van der Waals surface area contributed by atoms with Crippen molar-refractivity contribution in [3.8, 4) is 5.75 Å². The van der Waals surface area contributed by atoms with Gasteiger partial charge in [-0.15, -0.1) is 0 Å². The largest absolute Gasteiger partial charge is 0.483 e. The molecular weight excluding hydrogens is 316 g/mol. The number of carbonyl (C=O) groups excluding carboxylic acids is 2. The van der Waals surface area contributed by atoms with E-state index in [2.05, 4.69) is 10.6 Å². The summed E-state index contributed by atoms with van der Waals surface area (Å²) in [5.74, 6) is 0.417. The highest BCUT2D eigenvalue weighted by atomic mass is 16.5. The number of hydrogen-bond acceptors (Lipinski definition) is 3. The number of benzene rings is 2. The van der Waals surface area contributed by atoms with Gasteiger partial charge in [-0.25, -0.2) is 0 Å². The Morgan fingerprint density at radius 1 is 0.920 bits per heavy atom. The number of nitrogens with one attached hydrogen (secondary N) is 2. The van der Waals surface area contributed by atoms with E-state index in [0.29, 0.717) is 17.8 Å². The van der Waals surface area contributed by atoms with Gasteiger partial charge in [0.05, 0.1) is 0 Å². The van der Waals surface area contributed by atoms with Crippen molar-refractivity contribution in [3.05, 3.63) is 53.1 Å². The fraction of sp³-hybridized carbons (Fsp3) is 0.300. The third-order valence-corrected chi connectivity index (χ3v) is 3.70. The van der Waals surface area contributed by atoms with Gasteiger partial charge in [-0.05, 0) is 50.1 Å². The number of hydrogen-bond donors (Lipinski definition) is 2. The van der Waals surface area contributed by atoms with Crippen LogP contribution in [0.2, 0.25) is 0 Å². The SMILES string of the molecule is CCC(=O)Nc1cccc(NC(=O)COc2c(C)cc(C)cc2C)c1. The normalized spacial score (nSPS) is 10.2. The molecule has 0 saturated heterocycles. The molecule has 2 rings (SSSR count). The molecular formula is C20H24N2O3. The monoisotopic (exact) mass is 340 g/mol. The molecule has 132 valence electrons. The average molecular weight is 340 g/mol. The predicted octanol–water partition coefficient (Wildman–Crippen LogP) is 3.98. The van der Waals surface area contributed by atoms with E-state index in [1.807, 2.05) is 32.9 Å². The zero-order valence-electron chi connectivity index (χ0n) is 15.1. The first-order valence-electron chi connectivity index (χ1n) is 8.29. The van der Waals surface area contributed by atoms with Crippen LogP contribution >= 0.6 is 0 Å². The van der Waals surface area contributed by atoms with Crippen molar-refractivity contribution in [1.82, 2.24) is 0 Å². The number of carbonyl (C=O) groups is 2. The Kier molecular flexibility index (Phi) is 6.17. The van der Waals surface area contributed by atoms with Gasteiger partial charge in [0.2, 0.25) is 5.91 Å². The zero-order valence-corrected chi connectivity index (χ0v) is 15.1. The molecule has 2 aromatic rings. The first kappa shape index (κ1) is 18.5. The van der Waals surface area contributed by atoms with Crippen molar-refractivity contribution in [1.29, 1.82) is 0 Å². The van der Waals surface area contributed by atoms with Crippen molar-refractivity contribution in [3.63, 3.8) is 0 Å². The number of amides is 2. The maximum atomic E-state index is 12.1. The molecule has 5 heteroatoms. The molecule has 0 heterocycles. The molecule has 2 amide bonds. The summed E-state index contributed by atoms with van der Waals surface area (Å²) >= 11 is 0. The molecule has 0 aliphatic carbocycles. The summed E-state index contributed by atoms with van der Waals surface area (Å²) in [6, 6.07) is 11.1. The number of ether oxygens (including phenoxy) is 1. The molecule has 0 radical (unpaired) electrons. The fourth-order valence-electron chi connectivity index (χ4n) is 2.65. The van der Waals surface area contributed by atoms with Gasteiger partial charge in [-0.1, -0.05) is 30.7 Å². The van der Waals surface area contributed by atoms with Gasteiger partial charge < -0.3 is 15.4 Å². The minimum atomic E-state index is -0.252. The molecule has 0 aromatic heterocycles. The lowest BCUT2D eigenvalue weighted by atomic mass is 10.1. The van der Waals surface area contributed by atoms with E-state index in [-0.39, 0.29) is 18.4 Å². The first-order chi connectivity index (χ1) is 11.9. The highest BCUT2D eigenvalue weighted by Gasteiger charge is 2.09. The first-order valence-corrected chi connectivity index (χ1v) is 8.29. The molecule has 0 unspecified atom stereocenters. The average Bonchev–Trinajstić information content (AvgIpc) is 2.54. The Bertz CT molecular complexity index is 761. The van der Waals surface area contributed by atoms with Crippen molar-refractivity contribution < 1.29 is 14.3 Å². The summed E-state index contributed by atoms with van der Waals surface area (Å²) in [6.07, 6.45) is 0.402. The molecule has 0 spiro atoms. The lowest BCUT2D eigenvalue weighted by Crippen LogP contribution is -2.21. The van der Waals surface area contributed by atoms with Crippen molar-refractivity contribution in [2.75, 3.05) is 17.2 Å². The third-order valence-electron chi connectivity index (χ3n) is 3.70. The van der Waals surface area contributed by atoms with E-state index in [1.54, 1.807) is 31.2 Å². The molecule has 5 nitrogen and oxygen atoms in total. The molecule has 0 aliphatic heterocycles. The van der Waals surface area contributed by atoms with Gasteiger partial charge in [0.25, 0.3) is 5.91 Å². The highest BCUT2D eigenvalue weighted by Crippen LogP contribution is 2.24. The second kappa shape index (κ2) is 8.33. The van der Waals surface area contributed by atoms with Crippen LogP contribution in [-0.2, 0) is 9.59 Å². The van der Waals surface area contributed by atoms with Gasteiger partial charge >= 0.3 is 0 Å². The Hall–Kier alpha value is -2.82. The summed E-state index contributed by atoms with van der Waals surface area (Å²) in [5, 5.41) is 5.54. The quantitative estimate of drug-likeness (QED) is 0.836. The molecule has 0 bridgehead atoms. The smallest absolute Gasteiger partial charge is 0.262 e. The van der Waals surface area contributed by atoms with E-state index < -0.39 is 0 Å². The van der Waals surface area contributed by atoms with E-state index in [0.717, 1.165) is 22.4 Å². The third kappa shape index (κ3) is 5.35. The van der Waals surface area contributed by atoms with E-state index in [9.17, 15) is 9.59 Å². The topological polar surface area (TPSA) is 67.4 Å². The minimum absolute atomic E-state index is 0.0721. The lowest BCUT2D eigenvalue weighted by Gasteiger charge is -2.13. The van der Waals surface area contributed by atoms with Crippen LogP contribution in [-0.4, -0.2) is 18.4 Å². The number of anilines is 2. The van der Waals surface area contributed by atoms with Crippen LogP contribution in [0, 0.1) is 20.8 Å².